The summed E-state index contributed by atoms with van der Waals surface area (Å²) in [5.74, 6) is 0.657. The Labute approximate surface area is 222 Å². The van der Waals surface area contributed by atoms with Crippen LogP contribution in [0, 0.1) is 0 Å². The fraction of sp³-hybridized carbons (Fsp3) is 0.400. The van der Waals surface area contributed by atoms with Gasteiger partial charge in [-0.3, -0.25) is 9.59 Å². The second-order valence-corrected chi connectivity index (χ2v) is 11.1. The van der Waals surface area contributed by atoms with Crippen LogP contribution in [0.2, 0.25) is 0 Å². The van der Waals surface area contributed by atoms with Crippen LogP contribution in [-0.2, 0) is 4.79 Å². The van der Waals surface area contributed by atoms with Crippen LogP contribution in [0.15, 0.2) is 66.0 Å². The van der Waals surface area contributed by atoms with E-state index in [-0.39, 0.29) is 23.9 Å². The Hall–Kier alpha value is -3.32. The molecular weight excluding hydrogens is 482 g/mol. The molecule has 0 spiro atoms. The summed E-state index contributed by atoms with van der Waals surface area (Å²) in [5, 5.41) is 2.06. The van der Waals surface area contributed by atoms with Crippen molar-refractivity contribution in [3.05, 3.63) is 82.0 Å². The maximum absolute atomic E-state index is 14.4. The topological polar surface area (TPSA) is 53.1 Å². The fourth-order valence-corrected chi connectivity index (χ4v) is 7.28. The molecule has 2 amide bonds. The summed E-state index contributed by atoms with van der Waals surface area (Å²) in [6.07, 6.45) is 4.29. The van der Waals surface area contributed by atoms with E-state index in [0.717, 1.165) is 60.7 Å². The van der Waals surface area contributed by atoms with Crippen molar-refractivity contribution >= 4 is 28.8 Å². The van der Waals surface area contributed by atoms with E-state index < -0.39 is 5.92 Å². The Kier molecular flexibility index (Phi) is 6.63. The first-order chi connectivity index (χ1) is 18.2. The minimum absolute atomic E-state index is 0.0749. The predicted molar refractivity (Wildman–Crippen MR) is 146 cm³/mol. The Morgan fingerprint density at radius 3 is 2.38 bits per heavy atom. The molecule has 1 aromatic heterocycles. The molecule has 1 aliphatic carbocycles. The van der Waals surface area contributed by atoms with Gasteiger partial charge in [-0.05, 0) is 48.1 Å². The molecule has 6 nitrogen and oxygen atoms in total. The first-order valence-electron chi connectivity index (χ1n) is 13.3. The molecule has 2 atom stereocenters. The molecule has 192 valence electrons. The predicted octanol–water partition coefficient (Wildman–Crippen LogP) is 5.33. The molecule has 0 radical (unpaired) electrons. The van der Waals surface area contributed by atoms with Gasteiger partial charge in [0, 0.05) is 42.7 Å². The molecule has 3 aromatic rings. The van der Waals surface area contributed by atoms with Crippen LogP contribution in [0.5, 0.6) is 5.75 Å². The quantitative estimate of drug-likeness (QED) is 0.461. The lowest BCUT2D eigenvalue weighted by molar-refractivity contribution is -0.135. The average molecular weight is 516 g/mol. The van der Waals surface area contributed by atoms with E-state index in [0.29, 0.717) is 18.7 Å². The Morgan fingerprint density at radius 1 is 0.919 bits per heavy atom. The van der Waals surface area contributed by atoms with Gasteiger partial charge in [0.25, 0.3) is 5.91 Å². The van der Waals surface area contributed by atoms with Crippen molar-refractivity contribution in [1.82, 2.24) is 9.80 Å². The number of thiophene rings is 1. The van der Waals surface area contributed by atoms with Crippen molar-refractivity contribution < 1.29 is 14.3 Å². The molecule has 0 unspecified atom stereocenters. The van der Waals surface area contributed by atoms with Crippen molar-refractivity contribution in [2.75, 3.05) is 38.2 Å². The van der Waals surface area contributed by atoms with Gasteiger partial charge in [-0.1, -0.05) is 49.2 Å². The van der Waals surface area contributed by atoms with Crippen LogP contribution in [0.1, 0.15) is 58.4 Å². The van der Waals surface area contributed by atoms with Gasteiger partial charge in [0.05, 0.1) is 24.8 Å². The van der Waals surface area contributed by atoms with Crippen molar-refractivity contribution in [1.29, 1.82) is 0 Å². The summed E-state index contributed by atoms with van der Waals surface area (Å²) in [6.45, 7) is 2.78. The number of rotatable bonds is 5. The van der Waals surface area contributed by atoms with E-state index >= 15 is 0 Å². The number of nitrogens with zero attached hydrogens (tertiary/aromatic N) is 3. The molecule has 2 fully saturated rings. The number of amides is 2. The number of fused-ring (bicyclic) bond motifs is 1. The van der Waals surface area contributed by atoms with Crippen LogP contribution in [0.3, 0.4) is 0 Å². The van der Waals surface area contributed by atoms with Gasteiger partial charge in [-0.25, -0.2) is 0 Å². The summed E-state index contributed by atoms with van der Waals surface area (Å²) in [5.41, 5.74) is 2.63. The lowest BCUT2D eigenvalue weighted by atomic mass is 9.80. The van der Waals surface area contributed by atoms with Gasteiger partial charge < -0.3 is 19.4 Å². The highest BCUT2D eigenvalue weighted by molar-refractivity contribution is 7.10. The first-order valence-corrected chi connectivity index (χ1v) is 14.2. The number of hydrogen-bond donors (Lipinski definition) is 0. The number of piperazine rings is 1. The number of para-hydroxylation sites is 2. The largest absolute Gasteiger partial charge is 0.495 e. The summed E-state index contributed by atoms with van der Waals surface area (Å²) in [4.78, 5) is 35.8. The molecule has 0 N–H and O–H groups in total. The van der Waals surface area contributed by atoms with E-state index in [4.69, 9.17) is 4.74 Å². The molecule has 2 aliphatic heterocycles. The molecule has 3 heterocycles. The zero-order valence-corrected chi connectivity index (χ0v) is 22.0. The minimum atomic E-state index is -0.397. The Bertz CT molecular complexity index is 1260. The van der Waals surface area contributed by atoms with E-state index in [2.05, 4.69) is 27.3 Å². The van der Waals surface area contributed by atoms with Gasteiger partial charge in [0.15, 0.2) is 0 Å². The second kappa shape index (κ2) is 10.2. The molecule has 3 aliphatic rings. The molecule has 37 heavy (non-hydrogen) atoms. The maximum atomic E-state index is 14.4. The van der Waals surface area contributed by atoms with E-state index in [1.54, 1.807) is 18.4 Å². The third-order valence-corrected chi connectivity index (χ3v) is 9.16. The zero-order valence-electron chi connectivity index (χ0n) is 21.2. The Morgan fingerprint density at radius 2 is 1.65 bits per heavy atom. The molecule has 0 bridgehead atoms. The van der Waals surface area contributed by atoms with Crippen LogP contribution in [0.4, 0.5) is 5.69 Å². The number of ether oxygens (including phenoxy) is 1. The van der Waals surface area contributed by atoms with Gasteiger partial charge in [-0.15, -0.1) is 11.3 Å². The molecule has 2 aromatic carbocycles. The third-order valence-electron chi connectivity index (χ3n) is 8.21. The Balaban J connectivity index is 1.33. The number of carbonyl (C=O) groups is 2. The van der Waals surface area contributed by atoms with Crippen LogP contribution in [-0.4, -0.2) is 60.9 Å². The van der Waals surface area contributed by atoms with Crippen LogP contribution in [0.25, 0.3) is 0 Å². The number of methoxy groups -OCH3 is 1. The number of benzene rings is 2. The standard InChI is InChI=1S/C30H33N3O3S/c1-36-25-14-7-6-13-24(25)31-16-18-32(19-17-31)30(35)27-22-11-4-5-12-23(22)29(34)33(21-9-2-3-10-21)28(27)26-15-8-20-37-26/h4-8,11-15,20-21,27-28H,2-3,9-10,16-19H2,1H3/t27-,28+/m0/s1. The van der Waals surface area contributed by atoms with Crippen molar-refractivity contribution in [3.63, 3.8) is 0 Å². The second-order valence-electron chi connectivity index (χ2n) is 10.2. The summed E-state index contributed by atoms with van der Waals surface area (Å²) in [7, 11) is 1.70. The van der Waals surface area contributed by atoms with Gasteiger partial charge in [-0.2, -0.15) is 0 Å². The van der Waals surface area contributed by atoms with E-state index in [1.807, 2.05) is 53.4 Å². The van der Waals surface area contributed by atoms with Gasteiger partial charge >= 0.3 is 0 Å². The normalized spacial score (nSPS) is 22.3. The van der Waals surface area contributed by atoms with Gasteiger partial charge in [0.2, 0.25) is 5.91 Å². The summed E-state index contributed by atoms with van der Waals surface area (Å²) in [6, 6.07) is 19.9. The number of carbonyl (C=O) groups excluding carboxylic acids is 2. The first kappa shape index (κ1) is 24.0. The minimum Gasteiger partial charge on any atom is -0.495 e. The van der Waals surface area contributed by atoms with E-state index in [1.165, 1.54) is 0 Å². The monoisotopic (exact) mass is 515 g/mol. The molecule has 1 saturated carbocycles. The molecular formula is C30H33N3O3S. The average Bonchev–Trinajstić information content (AvgIpc) is 3.68. The van der Waals surface area contributed by atoms with Crippen molar-refractivity contribution in [2.24, 2.45) is 0 Å². The highest BCUT2D eigenvalue weighted by Gasteiger charge is 2.48. The van der Waals surface area contributed by atoms with Crippen molar-refractivity contribution in [3.8, 4) is 5.75 Å². The summed E-state index contributed by atoms with van der Waals surface area (Å²) >= 11 is 1.65. The lowest BCUT2D eigenvalue weighted by Crippen LogP contribution is -2.54. The lowest BCUT2D eigenvalue weighted by Gasteiger charge is -2.46. The summed E-state index contributed by atoms with van der Waals surface area (Å²) < 4.78 is 5.57. The molecule has 1 saturated heterocycles. The molecule has 6 rings (SSSR count). The van der Waals surface area contributed by atoms with Crippen LogP contribution >= 0.6 is 11.3 Å². The number of anilines is 1. The maximum Gasteiger partial charge on any atom is 0.254 e. The smallest absolute Gasteiger partial charge is 0.254 e. The van der Waals surface area contributed by atoms with Crippen molar-refractivity contribution in [2.45, 2.75) is 43.7 Å². The fourth-order valence-electron chi connectivity index (χ4n) is 6.42. The highest BCUT2D eigenvalue weighted by atomic mass is 32.1. The van der Waals surface area contributed by atoms with Gasteiger partial charge in [0.1, 0.15) is 5.75 Å². The SMILES string of the molecule is COc1ccccc1N1CCN(C(=O)[C@H]2c3ccccc3C(=O)N(C3CCCC3)[C@@H]2c2cccs2)CC1. The zero-order chi connectivity index (χ0) is 25.4. The number of hydrogen-bond acceptors (Lipinski definition) is 5. The third kappa shape index (κ3) is 4.29. The highest BCUT2D eigenvalue weighted by Crippen LogP contribution is 2.48. The van der Waals surface area contributed by atoms with E-state index in [9.17, 15) is 9.59 Å². The molecule has 7 heteroatoms. The van der Waals surface area contributed by atoms with Crippen LogP contribution < -0.4 is 9.64 Å².